The molecule has 1 unspecified atom stereocenters. The molecule has 1 atom stereocenters. The number of carbonyl (C=O) groups is 2. The Balaban J connectivity index is 1.90. The lowest BCUT2D eigenvalue weighted by molar-refractivity contribution is -0.394. The van der Waals surface area contributed by atoms with Gasteiger partial charge in [0, 0.05) is 18.6 Å². The third-order valence-corrected chi connectivity index (χ3v) is 4.49. The van der Waals surface area contributed by atoms with Crippen LogP contribution < -0.4 is 5.32 Å². The first-order valence-corrected chi connectivity index (χ1v) is 8.70. The van der Waals surface area contributed by atoms with E-state index in [1.54, 1.807) is 12.1 Å². The number of hydrogen-bond acceptors (Lipinski definition) is 6. The predicted molar refractivity (Wildman–Crippen MR) is 106 cm³/mol. The van der Waals surface area contributed by atoms with Gasteiger partial charge in [0.15, 0.2) is 0 Å². The number of amides is 1. The van der Waals surface area contributed by atoms with Crippen molar-refractivity contribution in [2.75, 3.05) is 0 Å². The second kappa shape index (κ2) is 8.35. The Morgan fingerprint density at radius 2 is 1.53 bits per heavy atom. The molecule has 0 spiro atoms. The van der Waals surface area contributed by atoms with Crippen LogP contribution in [0.1, 0.15) is 15.9 Å². The minimum atomic E-state index is -1.35. The van der Waals surface area contributed by atoms with E-state index in [1.165, 1.54) is 0 Å². The fourth-order valence-corrected chi connectivity index (χ4v) is 3.07. The smallest absolute Gasteiger partial charge is 0.326 e. The van der Waals surface area contributed by atoms with E-state index in [0.717, 1.165) is 29.0 Å². The minimum Gasteiger partial charge on any atom is -0.480 e. The number of nitro benzene ring substituents is 2. The van der Waals surface area contributed by atoms with E-state index >= 15 is 0 Å². The average Bonchev–Trinajstić information content (AvgIpc) is 2.72. The number of carboxylic acid groups (broad SMARTS) is 1. The highest BCUT2D eigenvalue weighted by Gasteiger charge is 2.25. The molecule has 0 fully saturated rings. The van der Waals surface area contributed by atoms with Gasteiger partial charge in [0.05, 0.1) is 21.5 Å². The van der Waals surface area contributed by atoms with Crippen molar-refractivity contribution >= 4 is 34.0 Å². The first kappa shape index (κ1) is 20.4. The van der Waals surface area contributed by atoms with Crippen molar-refractivity contribution in [3.8, 4) is 0 Å². The number of hydrogen-bond donors (Lipinski definition) is 2. The number of benzene rings is 3. The summed E-state index contributed by atoms with van der Waals surface area (Å²) >= 11 is 0. The number of fused-ring (bicyclic) bond motifs is 1. The van der Waals surface area contributed by atoms with E-state index in [0.29, 0.717) is 5.56 Å². The van der Waals surface area contributed by atoms with E-state index in [-0.39, 0.29) is 12.0 Å². The summed E-state index contributed by atoms with van der Waals surface area (Å²) in [5.74, 6) is -2.27. The van der Waals surface area contributed by atoms with Crippen molar-refractivity contribution in [2.45, 2.75) is 12.5 Å². The molecule has 0 aliphatic carbocycles. The summed E-state index contributed by atoms with van der Waals surface area (Å²) in [5.41, 5.74) is -0.976. The molecule has 1 amide bonds. The molecule has 2 N–H and O–H groups in total. The Hall–Kier alpha value is -4.34. The fraction of sp³-hybridized carbons (Fsp3) is 0.100. The van der Waals surface area contributed by atoms with Gasteiger partial charge in [0.25, 0.3) is 17.3 Å². The summed E-state index contributed by atoms with van der Waals surface area (Å²) in [4.78, 5) is 44.5. The number of nitro groups is 2. The van der Waals surface area contributed by atoms with Crippen molar-refractivity contribution in [2.24, 2.45) is 0 Å². The van der Waals surface area contributed by atoms with Crippen LogP contribution in [0, 0.1) is 20.2 Å². The second-order valence-electron chi connectivity index (χ2n) is 6.46. The second-order valence-corrected chi connectivity index (χ2v) is 6.46. The lowest BCUT2D eigenvalue weighted by Crippen LogP contribution is -2.42. The highest BCUT2D eigenvalue weighted by atomic mass is 16.6. The van der Waals surface area contributed by atoms with E-state index in [4.69, 9.17) is 0 Å². The highest BCUT2D eigenvalue weighted by Crippen LogP contribution is 2.23. The van der Waals surface area contributed by atoms with Gasteiger partial charge in [0.2, 0.25) is 0 Å². The molecule has 0 heterocycles. The zero-order chi connectivity index (χ0) is 21.8. The van der Waals surface area contributed by atoms with Crippen molar-refractivity contribution in [3.63, 3.8) is 0 Å². The van der Waals surface area contributed by atoms with Gasteiger partial charge < -0.3 is 10.4 Å². The summed E-state index contributed by atoms with van der Waals surface area (Å²) < 4.78 is 0. The lowest BCUT2D eigenvalue weighted by atomic mass is 9.98. The Bertz CT molecular complexity index is 1140. The number of aliphatic carboxylic acids is 1. The van der Waals surface area contributed by atoms with Gasteiger partial charge >= 0.3 is 5.97 Å². The molecule has 3 aromatic carbocycles. The van der Waals surface area contributed by atoms with Crippen molar-refractivity contribution in [1.82, 2.24) is 5.32 Å². The third kappa shape index (κ3) is 4.38. The Morgan fingerprint density at radius 3 is 2.13 bits per heavy atom. The van der Waals surface area contributed by atoms with Crippen LogP contribution in [0.4, 0.5) is 11.4 Å². The number of non-ortho nitro benzene ring substituents is 2. The molecule has 0 aliphatic heterocycles. The molecule has 10 nitrogen and oxygen atoms in total. The van der Waals surface area contributed by atoms with Crippen molar-refractivity contribution in [1.29, 1.82) is 0 Å². The first-order valence-electron chi connectivity index (χ1n) is 8.70. The molecular formula is C20H15N3O7. The summed E-state index contributed by atoms with van der Waals surface area (Å²) in [6, 6.07) is 13.8. The fourth-order valence-electron chi connectivity index (χ4n) is 3.07. The Morgan fingerprint density at radius 1 is 0.933 bits per heavy atom. The van der Waals surface area contributed by atoms with Crippen LogP contribution >= 0.6 is 0 Å². The number of carbonyl (C=O) groups excluding carboxylic acids is 1. The SMILES string of the molecule is O=C(NC(Cc1cccc2ccccc12)C(=O)O)c1cc([N+](=O)[O-])cc([N+](=O)[O-])c1. The zero-order valence-corrected chi connectivity index (χ0v) is 15.3. The third-order valence-electron chi connectivity index (χ3n) is 4.49. The molecule has 0 aliphatic rings. The van der Waals surface area contributed by atoms with Crippen LogP contribution in [0.3, 0.4) is 0 Å². The zero-order valence-electron chi connectivity index (χ0n) is 15.3. The van der Waals surface area contributed by atoms with Crippen LogP contribution in [0.2, 0.25) is 0 Å². The summed E-state index contributed by atoms with van der Waals surface area (Å²) in [5, 5.41) is 35.6. The monoisotopic (exact) mass is 409 g/mol. The van der Waals surface area contributed by atoms with Crippen LogP contribution in [-0.2, 0) is 11.2 Å². The van der Waals surface area contributed by atoms with E-state index in [2.05, 4.69) is 5.32 Å². The van der Waals surface area contributed by atoms with Crippen molar-refractivity contribution in [3.05, 3.63) is 92.0 Å². The van der Waals surface area contributed by atoms with Crippen LogP contribution in [-0.4, -0.2) is 32.9 Å². The quantitative estimate of drug-likeness (QED) is 0.449. The maximum absolute atomic E-state index is 12.5. The molecule has 0 aromatic heterocycles. The minimum absolute atomic E-state index is 0.0422. The molecule has 0 saturated heterocycles. The van der Waals surface area contributed by atoms with E-state index in [9.17, 15) is 34.9 Å². The van der Waals surface area contributed by atoms with E-state index < -0.39 is 39.1 Å². The standard InChI is InChI=1S/C20H15N3O7/c24-19(14-8-15(22(27)28)11-16(9-14)23(29)30)21-18(20(25)26)10-13-6-3-5-12-4-1-2-7-17(12)13/h1-9,11,18H,10H2,(H,21,24)(H,25,26). The number of carboxylic acids is 1. The highest BCUT2D eigenvalue weighted by molar-refractivity contribution is 5.98. The van der Waals surface area contributed by atoms with Crippen LogP contribution in [0.5, 0.6) is 0 Å². The van der Waals surface area contributed by atoms with Gasteiger partial charge in [-0.3, -0.25) is 25.0 Å². The first-order chi connectivity index (χ1) is 14.3. The van der Waals surface area contributed by atoms with Crippen molar-refractivity contribution < 1.29 is 24.5 Å². The normalized spacial score (nSPS) is 11.6. The molecule has 0 radical (unpaired) electrons. The summed E-state index contributed by atoms with van der Waals surface area (Å²) in [7, 11) is 0. The number of nitrogens with zero attached hydrogens (tertiary/aromatic N) is 2. The average molecular weight is 409 g/mol. The molecule has 152 valence electrons. The molecule has 0 bridgehead atoms. The maximum atomic E-state index is 12.5. The van der Waals surface area contributed by atoms with Gasteiger partial charge in [0.1, 0.15) is 6.04 Å². The largest absolute Gasteiger partial charge is 0.480 e. The lowest BCUT2D eigenvalue weighted by Gasteiger charge is -2.16. The van der Waals surface area contributed by atoms with Gasteiger partial charge in [-0.2, -0.15) is 0 Å². The molecular weight excluding hydrogens is 394 g/mol. The number of rotatable bonds is 7. The Labute approximate surface area is 169 Å². The van der Waals surface area contributed by atoms with Crippen LogP contribution in [0.25, 0.3) is 10.8 Å². The predicted octanol–water partition coefficient (Wildman–Crippen LogP) is 3.08. The van der Waals surface area contributed by atoms with Crippen LogP contribution in [0.15, 0.2) is 60.7 Å². The van der Waals surface area contributed by atoms with E-state index in [1.807, 2.05) is 30.3 Å². The summed E-state index contributed by atoms with van der Waals surface area (Å²) in [6.45, 7) is 0. The van der Waals surface area contributed by atoms with Gasteiger partial charge in [-0.1, -0.05) is 42.5 Å². The maximum Gasteiger partial charge on any atom is 0.326 e. The van der Waals surface area contributed by atoms with Gasteiger partial charge in [-0.15, -0.1) is 0 Å². The molecule has 30 heavy (non-hydrogen) atoms. The Kier molecular flexibility index (Phi) is 5.68. The molecule has 3 aromatic rings. The van der Waals surface area contributed by atoms with Gasteiger partial charge in [-0.25, -0.2) is 4.79 Å². The summed E-state index contributed by atoms with van der Waals surface area (Å²) in [6.07, 6.45) is -0.0422. The number of nitrogens with one attached hydrogen (secondary N) is 1. The van der Waals surface area contributed by atoms with Gasteiger partial charge in [-0.05, 0) is 16.3 Å². The molecule has 0 saturated carbocycles. The molecule has 3 rings (SSSR count). The topological polar surface area (TPSA) is 153 Å². The molecule has 10 heteroatoms.